The Labute approximate surface area is 156 Å². The van der Waals surface area contributed by atoms with Gasteiger partial charge in [-0.05, 0) is 36.4 Å². The Bertz CT molecular complexity index is 445. The molecule has 4 heteroatoms. The van der Waals surface area contributed by atoms with E-state index in [1.807, 2.05) is 6.92 Å². The number of rotatable bonds is 7. The fourth-order valence-corrected chi connectivity index (χ4v) is 9.63. The van der Waals surface area contributed by atoms with Crippen molar-refractivity contribution in [3.8, 4) is 11.5 Å². The SMILES string of the molecule is CCOC(=O)C(C#C[Si](C(C)C)(C(C)C)C(C)C)OC1CCCCC1. The van der Waals surface area contributed by atoms with Gasteiger partial charge in [0, 0.05) is 0 Å². The topological polar surface area (TPSA) is 35.5 Å². The lowest BCUT2D eigenvalue weighted by molar-refractivity contribution is -0.156. The summed E-state index contributed by atoms with van der Waals surface area (Å²) in [4.78, 5) is 12.4. The quantitative estimate of drug-likeness (QED) is 0.339. The summed E-state index contributed by atoms with van der Waals surface area (Å²) in [5, 5.41) is 0. The highest BCUT2D eigenvalue weighted by Gasteiger charge is 2.42. The minimum absolute atomic E-state index is 0.144. The van der Waals surface area contributed by atoms with Gasteiger partial charge in [-0.3, -0.25) is 0 Å². The highest BCUT2D eigenvalue weighted by molar-refractivity contribution is 6.90. The van der Waals surface area contributed by atoms with Gasteiger partial charge in [0.25, 0.3) is 0 Å². The fraction of sp³-hybridized carbons (Fsp3) is 0.857. The Balaban J connectivity index is 3.09. The summed E-state index contributed by atoms with van der Waals surface area (Å²) in [7, 11) is -1.87. The van der Waals surface area contributed by atoms with Crippen LogP contribution in [0.5, 0.6) is 0 Å². The van der Waals surface area contributed by atoms with Gasteiger partial charge in [0.15, 0.2) is 0 Å². The van der Waals surface area contributed by atoms with Crippen LogP contribution in [-0.2, 0) is 14.3 Å². The highest BCUT2D eigenvalue weighted by atomic mass is 28.3. The number of ether oxygens (including phenoxy) is 2. The Kier molecular flexibility index (Phi) is 9.24. The van der Waals surface area contributed by atoms with Gasteiger partial charge in [0.1, 0.15) is 8.07 Å². The molecule has 144 valence electrons. The summed E-state index contributed by atoms with van der Waals surface area (Å²) in [5.74, 6) is 2.93. The molecule has 3 nitrogen and oxygen atoms in total. The fourth-order valence-electron chi connectivity index (χ4n) is 4.38. The zero-order valence-corrected chi connectivity index (χ0v) is 18.4. The van der Waals surface area contributed by atoms with Crippen molar-refractivity contribution in [2.45, 2.75) is 109 Å². The predicted octanol–water partition coefficient (Wildman–Crippen LogP) is 5.49. The first-order chi connectivity index (χ1) is 11.8. The Morgan fingerprint density at radius 1 is 1.00 bits per heavy atom. The van der Waals surface area contributed by atoms with E-state index in [0.717, 1.165) is 12.8 Å². The molecule has 1 aliphatic rings. The van der Waals surface area contributed by atoms with Gasteiger partial charge in [-0.25, -0.2) is 4.79 Å². The van der Waals surface area contributed by atoms with Crippen molar-refractivity contribution in [1.82, 2.24) is 0 Å². The van der Waals surface area contributed by atoms with E-state index in [1.54, 1.807) is 0 Å². The number of esters is 1. The van der Waals surface area contributed by atoms with Crippen LogP contribution in [0.3, 0.4) is 0 Å². The van der Waals surface area contributed by atoms with Crippen LogP contribution in [0.15, 0.2) is 0 Å². The van der Waals surface area contributed by atoms with Crippen LogP contribution in [0.25, 0.3) is 0 Å². The lowest BCUT2D eigenvalue weighted by atomic mass is 9.97. The molecule has 1 fully saturated rings. The van der Waals surface area contributed by atoms with Gasteiger partial charge in [0.2, 0.25) is 6.10 Å². The third-order valence-corrected chi connectivity index (χ3v) is 12.0. The number of carbonyl (C=O) groups excluding carboxylic acids is 1. The summed E-state index contributed by atoms with van der Waals surface area (Å²) in [6.07, 6.45) is 5.08. The maximum absolute atomic E-state index is 12.4. The molecule has 1 aliphatic carbocycles. The monoisotopic (exact) mass is 366 g/mol. The van der Waals surface area contributed by atoms with Gasteiger partial charge in [-0.2, -0.15) is 0 Å². The standard InChI is InChI=1S/C21H38O3Si/c1-8-23-21(22)20(24-19-12-10-9-11-13-19)14-15-25(16(2)3,17(4)5)18(6)7/h16-20H,8-13H2,1-7H3. The molecule has 0 aromatic carbocycles. The van der Waals surface area contributed by atoms with Crippen molar-refractivity contribution in [2.75, 3.05) is 6.61 Å². The van der Waals surface area contributed by atoms with E-state index < -0.39 is 14.2 Å². The highest BCUT2D eigenvalue weighted by Crippen LogP contribution is 2.40. The van der Waals surface area contributed by atoms with Crippen LogP contribution in [0.1, 0.15) is 80.6 Å². The minimum atomic E-state index is -1.87. The molecule has 25 heavy (non-hydrogen) atoms. The number of carbonyl (C=O) groups is 1. The normalized spacial score (nSPS) is 17.5. The van der Waals surface area contributed by atoms with Crippen LogP contribution in [0, 0.1) is 11.5 Å². The van der Waals surface area contributed by atoms with Gasteiger partial charge < -0.3 is 9.47 Å². The van der Waals surface area contributed by atoms with Crippen molar-refractivity contribution >= 4 is 14.0 Å². The average molecular weight is 367 g/mol. The largest absolute Gasteiger partial charge is 0.463 e. The van der Waals surface area contributed by atoms with Gasteiger partial charge in [-0.1, -0.05) is 66.7 Å². The molecule has 0 spiro atoms. The van der Waals surface area contributed by atoms with Crippen LogP contribution >= 0.6 is 0 Å². The predicted molar refractivity (Wildman–Crippen MR) is 107 cm³/mol. The van der Waals surface area contributed by atoms with E-state index in [4.69, 9.17) is 9.47 Å². The second kappa shape index (κ2) is 10.4. The molecule has 0 aliphatic heterocycles. The van der Waals surface area contributed by atoms with Crippen molar-refractivity contribution in [2.24, 2.45) is 0 Å². The zero-order valence-electron chi connectivity index (χ0n) is 17.4. The summed E-state index contributed by atoms with van der Waals surface area (Å²) in [6.45, 7) is 15.9. The summed E-state index contributed by atoms with van der Waals surface area (Å²) >= 11 is 0. The molecular weight excluding hydrogens is 328 g/mol. The summed E-state index contributed by atoms with van der Waals surface area (Å²) in [6, 6.07) is 0. The molecule has 0 radical (unpaired) electrons. The third-order valence-electron chi connectivity index (χ3n) is 5.67. The lowest BCUT2D eigenvalue weighted by Crippen LogP contribution is -2.44. The molecule has 1 unspecified atom stereocenters. The maximum atomic E-state index is 12.4. The first kappa shape index (κ1) is 22.2. The van der Waals surface area contributed by atoms with E-state index in [-0.39, 0.29) is 12.1 Å². The van der Waals surface area contributed by atoms with E-state index in [2.05, 4.69) is 53.0 Å². The maximum Gasteiger partial charge on any atom is 0.347 e. The molecule has 1 atom stereocenters. The number of hydrogen-bond donors (Lipinski definition) is 0. The molecule has 0 aromatic heterocycles. The average Bonchev–Trinajstić information content (AvgIpc) is 2.54. The van der Waals surface area contributed by atoms with Crippen molar-refractivity contribution in [1.29, 1.82) is 0 Å². The van der Waals surface area contributed by atoms with Gasteiger partial charge in [-0.15, -0.1) is 5.54 Å². The Morgan fingerprint density at radius 3 is 1.96 bits per heavy atom. The summed E-state index contributed by atoms with van der Waals surface area (Å²) in [5.41, 5.74) is 5.24. The molecular formula is C21H38O3Si. The second-order valence-corrected chi connectivity index (χ2v) is 13.8. The van der Waals surface area contributed by atoms with Crippen LogP contribution in [-0.4, -0.2) is 32.9 Å². The Hall–Kier alpha value is -0.793. The van der Waals surface area contributed by atoms with Crippen molar-refractivity contribution < 1.29 is 14.3 Å². The van der Waals surface area contributed by atoms with Gasteiger partial charge >= 0.3 is 5.97 Å². The lowest BCUT2D eigenvalue weighted by Gasteiger charge is -2.38. The third kappa shape index (κ3) is 5.86. The van der Waals surface area contributed by atoms with Crippen molar-refractivity contribution in [3.05, 3.63) is 0 Å². The van der Waals surface area contributed by atoms with Crippen LogP contribution in [0.2, 0.25) is 16.6 Å². The zero-order chi connectivity index (χ0) is 19.0. The molecule has 0 N–H and O–H groups in total. The molecule has 1 rings (SSSR count). The molecule has 0 saturated heterocycles. The number of hydrogen-bond acceptors (Lipinski definition) is 3. The minimum Gasteiger partial charge on any atom is -0.463 e. The second-order valence-electron chi connectivity index (χ2n) is 8.19. The molecule has 0 amide bonds. The first-order valence-corrected chi connectivity index (χ1v) is 12.3. The smallest absolute Gasteiger partial charge is 0.347 e. The van der Waals surface area contributed by atoms with E-state index in [1.165, 1.54) is 19.3 Å². The Morgan fingerprint density at radius 2 is 1.52 bits per heavy atom. The van der Waals surface area contributed by atoms with Crippen LogP contribution < -0.4 is 0 Å². The van der Waals surface area contributed by atoms with E-state index in [0.29, 0.717) is 23.2 Å². The van der Waals surface area contributed by atoms with Crippen LogP contribution in [0.4, 0.5) is 0 Å². The van der Waals surface area contributed by atoms with Crippen molar-refractivity contribution in [3.63, 3.8) is 0 Å². The summed E-state index contributed by atoms with van der Waals surface area (Å²) < 4.78 is 11.4. The van der Waals surface area contributed by atoms with E-state index in [9.17, 15) is 4.79 Å². The van der Waals surface area contributed by atoms with Gasteiger partial charge in [0.05, 0.1) is 12.7 Å². The molecule has 0 aromatic rings. The molecule has 0 heterocycles. The first-order valence-electron chi connectivity index (χ1n) is 10.1. The van der Waals surface area contributed by atoms with E-state index >= 15 is 0 Å². The molecule has 0 bridgehead atoms. The molecule has 1 saturated carbocycles.